The van der Waals surface area contributed by atoms with Gasteiger partial charge in [-0.2, -0.15) is 0 Å². The van der Waals surface area contributed by atoms with E-state index in [4.69, 9.17) is 0 Å². The van der Waals surface area contributed by atoms with E-state index in [0.29, 0.717) is 5.75 Å². The van der Waals surface area contributed by atoms with E-state index in [1.165, 1.54) is 0 Å². The fourth-order valence-electron chi connectivity index (χ4n) is 1.57. The van der Waals surface area contributed by atoms with Gasteiger partial charge in [0.1, 0.15) is 5.75 Å². The monoisotopic (exact) mass is 231 g/mol. The molecule has 0 amide bonds. The Morgan fingerprint density at radius 3 is 2.59 bits per heavy atom. The summed E-state index contributed by atoms with van der Waals surface area (Å²) in [6.45, 7) is 7.15. The van der Waals surface area contributed by atoms with E-state index in [2.05, 4.69) is 37.9 Å². The van der Waals surface area contributed by atoms with Crippen molar-refractivity contribution in [3.63, 3.8) is 0 Å². The summed E-state index contributed by atoms with van der Waals surface area (Å²) in [5.74, 6) is 6.57. The molecule has 17 heavy (non-hydrogen) atoms. The molecule has 0 heterocycles. The summed E-state index contributed by atoms with van der Waals surface area (Å²) < 4.78 is 0. The molecule has 0 aromatic heterocycles. The molecule has 0 fully saturated rings. The van der Waals surface area contributed by atoms with Crippen LogP contribution in [0.5, 0.6) is 5.75 Å². The molecule has 2 nitrogen and oxygen atoms in total. The first-order chi connectivity index (χ1) is 7.95. The molecule has 92 valence electrons. The highest BCUT2D eigenvalue weighted by Gasteiger charge is 2.17. The van der Waals surface area contributed by atoms with E-state index in [-0.39, 0.29) is 5.41 Å². The van der Waals surface area contributed by atoms with Gasteiger partial charge in [0.2, 0.25) is 0 Å². The van der Waals surface area contributed by atoms with Crippen LogP contribution in [0, 0.1) is 11.8 Å². The lowest BCUT2D eigenvalue weighted by molar-refractivity contribution is 0.446. The Morgan fingerprint density at radius 2 is 2.00 bits per heavy atom. The first-order valence-corrected chi connectivity index (χ1v) is 5.92. The quantitative estimate of drug-likeness (QED) is 0.606. The van der Waals surface area contributed by atoms with E-state index in [1.807, 2.05) is 19.2 Å². The number of hydrogen-bond acceptors (Lipinski definition) is 2. The molecule has 1 aromatic rings. The van der Waals surface area contributed by atoms with E-state index >= 15 is 0 Å². The minimum Gasteiger partial charge on any atom is -0.508 e. The Balaban J connectivity index is 2.92. The topological polar surface area (TPSA) is 32.3 Å². The molecule has 0 spiro atoms. The highest BCUT2D eigenvalue weighted by molar-refractivity contribution is 5.46. The first kappa shape index (κ1) is 13.6. The lowest BCUT2D eigenvalue weighted by Gasteiger charge is -2.20. The van der Waals surface area contributed by atoms with Gasteiger partial charge in [-0.15, -0.1) is 0 Å². The lowest BCUT2D eigenvalue weighted by Crippen LogP contribution is -2.11. The second kappa shape index (κ2) is 5.75. The lowest BCUT2D eigenvalue weighted by atomic mass is 9.85. The predicted molar refractivity (Wildman–Crippen MR) is 72.2 cm³/mol. The summed E-state index contributed by atoms with van der Waals surface area (Å²) in [6, 6.07) is 5.56. The number of nitrogens with one attached hydrogen (secondary N) is 1. The highest BCUT2D eigenvalue weighted by Crippen LogP contribution is 2.30. The van der Waals surface area contributed by atoms with Crippen molar-refractivity contribution in [1.82, 2.24) is 5.32 Å². The van der Waals surface area contributed by atoms with Gasteiger partial charge in [-0.3, -0.25) is 0 Å². The summed E-state index contributed by atoms with van der Waals surface area (Å²) >= 11 is 0. The van der Waals surface area contributed by atoms with Crippen molar-refractivity contribution in [3.8, 4) is 17.6 Å². The molecular weight excluding hydrogens is 210 g/mol. The van der Waals surface area contributed by atoms with Gasteiger partial charge < -0.3 is 10.4 Å². The van der Waals surface area contributed by atoms with Gasteiger partial charge in [-0.1, -0.05) is 32.6 Å². The molecule has 0 aliphatic rings. The van der Waals surface area contributed by atoms with Crippen molar-refractivity contribution in [2.45, 2.75) is 32.6 Å². The number of phenols is 1. The SMILES string of the molecule is CNCCC#Cc1ccc(O)c(C(C)(C)C)c1. The van der Waals surface area contributed by atoms with Crippen LogP contribution in [0.1, 0.15) is 38.3 Å². The highest BCUT2D eigenvalue weighted by atomic mass is 16.3. The van der Waals surface area contributed by atoms with E-state index in [0.717, 1.165) is 24.1 Å². The molecule has 0 unspecified atom stereocenters. The summed E-state index contributed by atoms with van der Waals surface area (Å²) in [7, 11) is 1.92. The smallest absolute Gasteiger partial charge is 0.119 e. The normalized spacial score (nSPS) is 10.8. The molecule has 0 aliphatic carbocycles. The molecule has 2 N–H and O–H groups in total. The second-order valence-electron chi connectivity index (χ2n) is 5.14. The molecule has 1 aromatic carbocycles. The van der Waals surface area contributed by atoms with Gasteiger partial charge in [-0.05, 0) is 30.7 Å². The van der Waals surface area contributed by atoms with Crippen LogP contribution >= 0.6 is 0 Å². The maximum Gasteiger partial charge on any atom is 0.119 e. The molecule has 0 saturated carbocycles. The summed E-state index contributed by atoms with van der Waals surface area (Å²) in [5, 5.41) is 12.9. The molecule has 1 rings (SSSR count). The van der Waals surface area contributed by atoms with Crippen molar-refractivity contribution < 1.29 is 5.11 Å². The Kier molecular flexibility index (Phi) is 4.60. The number of benzene rings is 1. The van der Waals surface area contributed by atoms with Gasteiger partial charge >= 0.3 is 0 Å². The zero-order valence-corrected chi connectivity index (χ0v) is 11.1. The number of phenolic OH excluding ortho intramolecular Hbond substituents is 1. The number of rotatable bonds is 2. The van der Waals surface area contributed by atoms with Crippen LogP contribution in [0.2, 0.25) is 0 Å². The molecule has 2 heteroatoms. The zero-order valence-electron chi connectivity index (χ0n) is 11.1. The van der Waals surface area contributed by atoms with Gasteiger partial charge in [0.05, 0.1) is 0 Å². The largest absolute Gasteiger partial charge is 0.508 e. The van der Waals surface area contributed by atoms with Crippen LogP contribution < -0.4 is 5.32 Å². The number of aromatic hydroxyl groups is 1. The van der Waals surface area contributed by atoms with Gasteiger partial charge in [-0.25, -0.2) is 0 Å². The molecule has 0 bridgehead atoms. The minimum absolute atomic E-state index is 0.0628. The van der Waals surface area contributed by atoms with Crippen molar-refractivity contribution in [2.75, 3.05) is 13.6 Å². The van der Waals surface area contributed by atoms with Crippen LogP contribution in [-0.4, -0.2) is 18.7 Å². The molecule has 0 atom stereocenters. The third-order valence-corrected chi connectivity index (χ3v) is 2.54. The maximum atomic E-state index is 9.82. The standard InChI is InChI=1S/C15H21NO/c1-15(2,3)13-11-12(8-9-14(13)17)7-5-6-10-16-4/h8-9,11,16-17H,6,10H2,1-4H3. The maximum absolute atomic E-state index is 9.82. The van der Waals surface area contributed by atoms with Gasteiger partial charge in [0.15, 0.2) is 0 Å². The minimum atomic E-state index is -0.0628. The zero-order chi connectivity index (χ0) is 12.9. The fourth-order valence-corrected chi connectivity index (χ4v) is 1.57. The van der Waals surface area contributed by atoms with E-state index < -0.39 is 0 Å². The molecule has 0 saturated heterocycles. The van der Waals surface area contributed by atoms with Gasteiger partial charge in [0.25, 0.3) is 0 Å². The van der Waals surface area contributed by atoms with Crippen LogP contribution in [-0.2, 0) is 5.41 Å². The van der Waals surface area contributed by atoms with Gasteiger partial charge in [0, 0.05) is 24.1 Å². The van der Waals surface area contributed by atoms with Crippen LogP contribution in [0.4, 0.5) is 0 Å². The van der Waals surface area contributed by atoms with E-state index in [9.17, 15) is 5.11 Å². The molecule has 0 radical (unpaired) electrons. The van der Waals surface area contributed by atoms with Crippen molar-refractivity contribution in [1.29, 1.82) is 0 Å². The average Bonchev–Trinajstić information content (AvgIpc) is 2.25. The summed E-state index contributed by atoms with van der Waals surface area (Å²) in [6.07, 6.45) is 0.836. The van der Waals surface area contributed by atoms with Crippen LogP contribution in [0.25, 0.3) is 0 Å². The van der Waals surface area contributed by atoms with Crippen molar-refractivity contribution in [3.05, 3.63) is 29.3 Å². The molecule has 0 aliphatic heterocycles. The van der Waals surface area contributed by atoms with Crippen LogP contribution in [0.15, 0.2) is 18.2 Å². The third kappa shape index (κ3) is 4.13. The Labute approximate surface area is 104 Å². The van der Waals surface area contributed by atoms with Crippen molar-refractivity contribution >= 4 is 0 Å². The van der Waals surface area contributed by atoms with Crippen LogP contribution in [0.3, 0.4) is 0 Å². The summed E-state index contributed by atoms with van der Waals surface area (Å²) in [5.41, 5.74) is 1.84. The average molecular weight is 231 g/mol. The van der Waals surface area contributed by atoms with Crippen molar-refractivity contribution in [2.24, 2.45) is 0 Å². The second-order valence-corrected chi connectivity index (χ2v) is 5.14. The Morgan fingerprint density at radius 1 is 1.29 bits per heavy atom. The Bertz CT molecular complexity index is 432. The Hall–Kier alpha value is -1.46. The van der Waals surface area contributed by atoms with E-state index in [1.54, 1.807) is 6.07 Å². The first-order valence-electron chi connectivity index (χ1n) is 5.92. The third-order valence-electron chi connectivity index (χ3n) is 2.54. The summed E-state index contributed by atoms with van der Waals surface area (Å²) in [4.78, 5) is 0. The fraction of sp³-hybridized carbons (Fsp3) is 0.467. The number of hydrogen-bond donors (Lipinski definition) is 2. The molecular formula is C15H21NO. The predicted octanol–water partition coefficient (Wildman–Crippen LogP) is 2.65.